The van der Waals surface area contributed by atoms with Crippen LogP contribution in [-0.4, -0.2) is 48.0 Å². The monoisotopic (exact) mass is 407 g/mol. The highest BCUT2D eigenvalue weighted by atomic mass is 127. The van der Waals surface area contributed by atoms with Crippen molar-refractivity contribution in [1.82, 2.24) is 4.90 Å². The molecule has 21 heavy (non-hydrogen) atoms. The Morgan fingerprint density at radius 3 is 2.38 bits per heavy atom. The number of halogens is 1. The molecule has 118 valence electrons. The van der Waals surface area contributed by atoms with Crippen molar-refractivity contribution in [3.05, 3.63) is 27.8 Å². The lowest BCUT2D eigenvalue weighted by molar-refractivity contribution is 0.0194. The fraction of sp³-hybridized carbons (Fsp3) is 0.533. The molecule has 0 heterocycles. The largest absolute Gasteiger partial charge is 0.492 e. The van der Waals surface area contributed by atoms with Gasteiger partial charge in [-0.15, -0.1) is 0 Å². The number of rotatable bonds is 6. The van der Waals surface area contributed by atoms with Crippen LogP contribution in [0.1, 0.15) is 20.8 Å². The summed E-state index contributed by atoms with van der Waals surface area (Å²) in [6, 6.07) is 7.67. The summed E-state index contributed by atoms with van der Waals surface area (Å²) in [6.45, 7) is 6.26. The van der Waals surface area contributed by atoms with E-state index >= 15 is 0 Å². The van der Waals surface area contributed by atoms with Gasteiger partial charge in [-0.3, -0.25) is 0 Å². The van der Waals surface area contributed by atoms with Crippen molar-refractivity contribution in [3.63, 3.8) is 0 Å². The highest BCUT2D eigenvalue weighted by Crippen LogP contribution is 2.14. The summed E-state index contributed by atoms with van der Waals surface area (Å²) in [5.41, 5.74) is -0.554. The number of carbonyl (C=O) groups excluding carboxylic acids is 1. The minimum Gasteiger partial charge on any atom is -0.492 e. The van der Waals surface area contributed by atoms with Crippen LogP contribution in [0.5, 0.6) is 5.75 Å². The van der Waals surface area contributed by atoms with E-state index in [-0.39, 0.29) is 13.2 Å². The molecule has 0 unspecified atom stereocenters. The first kappa shape index (κ1) is 18.0. The Kier molecular flexibility index (Phi) is 7.24. The van der Waals surface area contributed by atoms with E-state index in [2.05, 4.69) is 22.6 Å². The third kappa shape index (κ3) is 7.52. The average Bonchev–Trinajstić information content (AvgIpc) is 2.38. The Morgan fingerprint density at radius 1 is 1.24 bits per heavy atom. The lowest BCUT2D eigenvalue weighted by Crippen LogP contribution is -2.40. The second kappa shape index (κ2) is 8.43. The van der Waals surface area contributed by atoms with E-state index in [0.717, 1.165) is 9.32 Å². The van der Waals surface area contributed by atoms with Crippen LogP contribution >= 0.6 is 22.6 Å². The fourth-order valence-electron chi connectivity index (χ4n) is 1.55. The molecular formula is C15H22INO4. The summed E-state index contributed by atoms with van der Waals surface area (Å²) in [5, 5.41) is 9.04. The minimum atomic E-state index is -0.554. The van der Waals surface area contributed by atoms with Gasteiger partial charge in [0.05, 0.1) is 13.2 Å². The molecule has 0 aromatic heterocycles. The number of hydrogen-bond acceptors (Lipinski definition) is 4. The Bertz CT molecular complexity index is 442. The van der Waals surface area contributed by atoms with Crippen LogP contribution in [-0.2, 0) is 4.74 Å². The van der Waals surface area contributed by atoms with Crippen LogP contribution in [0, 0.1) is 3.57 Å². The molecule has 1 aromatic carbocycles. The van der Waals surface area contributed by atoms with E-state index in [1.807, 2.05) is 45.0 Å². The Labute approximate surface area is 139 Å². The summed E-state index contributed by atoms with van der Waals surface area (Å²) in [4.78, 5) is 13.4. The average molecular weight is 407 g/mol. The van der Waals surface area contributed by atoms with Crippen LogP contribution < -0.4 is 4.74 Å². The zero-order valence-electron chi connectivity index (χ0n) is 12.6. The van der Waals surface area contributed by atoms with Crippen LogP contribution in [0.3, 0.4) is 0 Å². The number of ether oxygens (including phenoxy) is 2. The first-order valence-corrected chi connectivity index (χ1v) is 7.87. The van der Waals surface area contributed by atoms with Crippen molar-refractivity contribution in [1.29, 1.82) is 0 Å². The van der Waals surface area contributed by atoms with Gasteiger partial charge in [0, 0.05) is 10.1 Å². The molecule has 0 saturated heterocycles. The summed E-state index contributed by atoms with van der Waals surface area (Å²) in [7, 11) is 0. The fourth-order valence-corrected chi connectivity index (χ4v) is 1.91. The number of aliphatic hydroxyl groups excluding tert-OH is 1. The van der Waals surface area contributed by atoms with Crippen molar-refractivity contribution >= 4 is 28.7 Å². The molecule has 0 fully saturated rings. The van der Waals surface area contributed by atoms with Gasteiger partial charge in [0.25, 0.3) is 0 Å². The zero-order valence-corrected chi connectivity index (χ0v) is 14.8. The predicted molar refractivity (Wildman–Crippen MR) is 89.5 cm³/mol. The normalized spacial score (nSPS) is 11.1. The Balaban J connectivity index is 2.47. The van der Waals surface area contributed by atoms with Gasteiger partial charge in [-0.25, -0.2) is 4.79 Å². The SMILES string of the molecule is CC(C)(C)OC(=O)N(CCO)CCOc1ccc(I)cc1. The lowest BCUT2D eigenvalue weighted by Gasteiger charge is -2.26. The summed E-state index contributed by atoms with van der Waals surface area (Å²) in [5.74, 6) is 0.753. The van der Waals surface area contributed by atoms with Crippen molar-refractivity contribution in [3.8, 4) is 5.75 Å². The third-order valence-corrected chi connectivity index (χ3v) is 3.18. The molecule has 0 saturated carbocycles. The molecule has 5 nitrogen and oxygen atoms in total. The van der Waals surface area contributed by atoms with Crippen LogP contribution in [0.4, 0.5) is 4.79 Å². The van der Waals surface area contributed by atoms with Crippen molar-refractivity contribution < 1.29 is 19.4 Å². The highest BCUT2D eigenvalue weighted by molar-refractivity contribution is 14.1. The number of amides is 1. The maximum atomic E-state index is 12.0. The van der Waals surface area contributed by atoms with E-state index in [1.54, 1.807) is 0 Å². The van der Waals surface area contributed by atoms with Crippen LogP contribution in [0.2, 0.25) is 0 Å². The molecule has 1 rings (SSSR count). The standard InChI is InChI=1S/C15H22INO4/c1-15(2,3)21-14(19)17(8-10-18)9-11-20-13-6-4-12(16)5-7-13/h4-7,18H,8-11H2,1-3H3. The molecule has 6 heteroatoms. The van der Waals surface area contributed by atoms with Gasteiger partial charge in [-0.05, 0) is 67.6 Å². The number of hydrogen-bond donors (Lipinski definition) is 1. The second-order valence-electron chi connectivity index (χ2n) is 5.49. The smallest absolute Gasteiger partial charge is 0.410 e. The van der Waals surface area contributed by atoms with E-state index in [9.17, 15) is 4.79 Å². The van der Waals surface area contributed by atoms with Gasteiger partial charge in [0.2, 0.25) is 0 Å². The molecular weight excluding hydrogens is 385 g/mol. The predicted octanol–water partition coefficient (Wildman–Crippen LogP) is 2.90. The zero-order chi connectivity index (χ0) is 15.9. The van der Waals surface area contributed by atoms with Gasteiger partial charge in [0.15, 0.2) is 0 Å². The minimum absolute atomic E-state index is 0.108. The van der Waals surface area contributed by atoms with Gasteiger partial charge in [0.1, 0.15) is 18.0 Å². The van der Waals surface area contributed by atoms with Crippen molar-refractivity contribution in [2.75, 3.05) is 26.3 Å². The van der Waals surface area contributed by atoms with Gasteiger partial charge in [-0.1, -0.05) is 0 Å². The first-order chi connectivity index (χ1) is 9.81. The van der Waals surface area contributed by atoms with Gasteiger partial charge >= 0.3 is 6.09 Å². The molecule has 1 aromatic rings. The maximum Gasteiger partial charge on any atom is 0.410 e. The molecule has 0 aliphatic rings. The first-order valence-electron chi connectivity index (χ1n) is 6.79. The third-order valence-electron chi connectivity index (χ3n) is 2.47. The van der Waals surface area contributed by atoms with Crippen molar-refractivity contribution in [2.45, 2.75) is 26.4 Å². The van der Waals surface area contributed by atoms with Crippen molar-refractivity contribution in [2.24, 2.45) is 0 Å². The highest BCUT2D eigenvalue weighted by Gasteiger charge is 2.21. The number of benzene rings is 1. The number of aliphatic hydroxyl groups is 1. The molecule has 0 bridgehead atoms. The summed E-state index contributed by atoms with van der Waals surface area (Å²) in [6.07, 6.45) is -0.442. The molecule has 0 atom stereocenters. The molecule has 0 aliphatic carbocycles. The molecule has 1 N–H and O–H groups in total. The molecule has 0 radical (unpaired) electrons. The molecule has 0 aliphatic heterocycles. The van der Waals surface area contributed by atoms with Gasteiger partial charge in [-0.2, -0.15) is 0 Å². The van der Waals surface area contributed by atoms with E-state index in [4.69, 9.17) is 14.6 Å². The Morgan fingerprint density at radius 2 is 1.86 bits per heavy atom. The lowest BCUT2D eigenvalue weighted by atomic mass is 10.2. The number of carbonyl (C=O) groups is 1. The number of nitrogens with zero attached hydrogens (tertiary/aromatic N) is 1. The molecule has 1 amide bonds. The quantitative estimate of drug-likeness (QED) is 0.737. The Hall–Kier alpha value is -1.02. The second-order valence-corrected chi connectivity index (χ2v) is 6.74. The van der Waals surface area contributed by atoms with E-state index in [1.165, 1.54) is 4.90 Å². The van der Waals surface area contributed by atoms with E-state index in [0.29, 0.717) is 13.2 Å². The topological polar surface area (TPSA) is 59.0 Å². The van der Waals surface area contributed by atoms with Crippen LogP contribution in [0.15, 0.2) is 24.3 Å². The van der Waals surface area contributed by atoms with Gasteiger partial charge < -0.3 is 19.5 Å². The summed E-state index contributed by atoms with van der Waals surface area (Å²) < 4.78 is 12.0. The van der Waals surface area contributed by atoms with Crippen LogP contribution in [0.25, 0.3) is 0 Å². The molecule has 0 spiro atoms. The summed E-state index contributed by atoms with van der Waals surface area (Å²) >= 11 is 2.22. The van der Waals surface area contributed by atoms with E-state index < -0.39 is 11.7 Å². The maximum absolute atomic E-state index is 12.0.